The van der Waals surface area contributed by atoms with E-state index in [4.69, 9.17) is 4.74 Å². The molecular weight excluding hydrogens is 292 g/mol. The van der Waals surface area contributed by atoms with Crippen LogP contribution in [-0.4, -0.2) is 49.6 Å². The third-order valence-electron chi connectivity index (χ3n) is 5.39. The van der Waals surface area contributed by atoms with Gasteiger partial charge in [0, 0.05) is 50.4 Å². The zero-order chi connectivity index (χ0) is 15.8. The van der Waals surface area contributed by atoms with Crippen molar-refractivity contribution in [1.82, 2.24) is 4.90 Å². The summed E-state index contributed by atoms with van der Waals surface area (Å²) in [5.41, 5.74) is 0.967. The third-order valence-corrected chi connectivity index (χ3v) is 5.39. The first-order chi connectivity index (χ1) is 11.2. The second-order valence-corrected chi connectivity index (χ2v) is 6.78. The summed E-state index contributed by atoms with van der Waals surface area (Å²) in [6.07, 6.45) is 1.63. The first-order valence-corrected chi connectivity index (χ1v) is 8.47. The van der Waals surface area contributed by atoms with Gasteiger partial charge in [0.15, 0.2) is 0 Å². The van der Waals surface area contributed by atoms with Crippen LogP contribution >= 0.6 is 0 Å². The van der Waals surface area contributed by atoms with E-state index in [1.54, 1.807) is 0 Å². The van der Waals surface area contributed by atoms with Crippen LogP contribution in [0.1, 0.15) is 12.8 Å². The van der Waals surface area contributed by atoms with Crippen molar-refractivity contribution in [3.63, 3.8) is 0 Å². The largest absolute Gasteiger partial charge is 0.381 e. The Hall–Kier alpha value is -1.88. The van der Waals surface area contributed by atoms with E-state index in [0.29, 0.717) is 19.8 Å². The molecule has 0 unspecified atom stereocenters. The van der Waals surface area contributed by atoms with Gasteiger partial charge in [0.1, 0.15) is 0 Å². The van der Waals surface area contributed by atoms with Gasteiger partial charge in [-0.25, -0.2) is 0 Å². The zero-order valence-electron chi connectivity index (χ0n) is 13.2. The van der Waals surface area contributed by atoms with E-state index in [1.807, 2.05) is 40.1 Å². The van der Waals surface area contributed by atoms with Crippen LogP contribution in [0.4, 0.5) is 5.69 Å². The van der Waals surface area contributed by atoms with Crippen molar-refractivity contribution >= 4 is 17.5 Å². The van der Waals surface area contributed by atoms with Crippen LogP contribution in [0.2, 0.25) is 0 Å². The number of carbonyl (C=O) groups excluding carboxylic acids is 2. The Morgan fingerprint density at radius 3 is 2.48 bits per heavy atom. The summed E-state index contributed by atoms with van der Waals surface area (Å²) in [7, 11) is 0. The average Bonchev–Trinajstić information content (AvgIpc) is 3.16. The van der Waals surface area contributed by atoms with Gasteiger partial charge in [-0.3, -0.25) is 9.59 Å². The summed E-state index contributed by atoms with van der Waals surface area (Å²) in [6, 6.07) is 9.82. The van der Waals surface area contributed by atoms with E-state index in [1.165, 1.54) is 0 Å². The Morgan fingerprint density at radius 1 is 1.04 bits per heavy atom. The number of amides is 2. The molecule has 3 aliphatic rings. The van der Waals surface area contributed by atoms with Crippen LogP contribution in [0.25, 0.3) is 0 Å². The number of ether oxygens (including phenoxy) is 1. The highest BCUT2D eigenvalue weighted by Crippen LogP contribution is 2.36. The quantitative estimate of drug-likeness (QED) is 0.832. The number of anilines is 1. The fraction of sp³-hybridized carbons (Fsp3) is 0.556. The van der Waals surface area contributed by atoms with Gasteiger partial charge in [-0.1, -0.05) is 18.2 Å². The van der Waals surface area contributed by atoms with E-state index >= 15 is 0 Å². The van der Waals surface area contributed by atoms with Gasteiger partial charge >= 0.3 is 0 Å². The zero-order valence-corrected chi connectivity index (χ0v) is 13.2. The summed E-state index contributed by atoms with van der Waals surface area (Å²) in [5, 5.41) is 0. The molecule has 0 saturated carbocycles. The molecule has 3 fully saturated rings. The third kappa shape index (κ3) is 2.63. The smallest absolute Gasteiger partial charge is 0.232 e. The molecule has 0 bridgehead atoms. The Bertz CT molecular complexity index is 598. The first kappa shape index (κ1) is 14.7. The minimum Gasteiger partial charge on any atom is -0.381 e. The molecule has 23 heavy (non-hydrogen) atoms. The molecule has 0 aliphatic carbocycles. The van der Waals surface area contributed by atoms with Crippen molar-refractivity contribution in [2.24, 2.45) is 17.8 Å². The number of hydrogen-bond acceptors (Lipinski definition) is 3. The molecule has 2 amide bonds. The number of likely N-dealkylation sites (tertiary alicyclic amines) is 1. The molecule has 3 aliphatic heterocycles. The number of carbonyl (C=O) groups is 2. The van der Waals surface area contributed by atoms with E-state index in [-0.39, 0.29) is 29.6 Å². The van der Waals surface area contributed by atoms with E-state index in [0.717, 1.165) is 31.6 Å². The molecule has 5 nitrogen and oxygen atoms in total. The van der Waals surface area contributed by atoms with Crippen molar-refractivity contribution in [3.05, 3.63) is 30.3 Å². The number of hydrogen-bond donors (Lipinski definition) is 0. The topological polar surface area (TPSA) is 49.9 Å². The second kappa shape index (κ2) is 5.96. The lowest BCUT2D eigenvalue weighted by molar-refractivity contribution is -0.137. The maximum absolute atomic E-state index is 12.7. The summed E-state index contributed by atoms with van der Waals surface area (Å²) in [5.74, 6) is 0.721. The lowest BCUT2D eigenvalue weighted by atomic mass is 9.99. The summed E-state index contributed by atoms with van der Waals surface area (Å²) in [4.78, 5) is 29.1. The molecule has 122 valence electrons. The fourth-order valence-corrected chi connectivity index (χ4v) is 4.08. The van der Waals surface area contributed by atoms with E-state index in [9.17, 15) is 9.59 Å². The Kier molecular flexibility index (Phi) is 3.81. The lowest BCUT2D eigenvalue weighted by Gasteiger charge is -2.27. The summed E-state index contributed by atoms with van der Waals surface area (Å²) < 4.78 is 5.34. The number of benzene rings is 1. The van der Waals surface area contributed by atoms with Gasteiger partial charge in [0.25, 0.3) is 0 Å². The monoisotopic (exact) mass is 314 g/mol. The molecule has 0 radical (unpaired) electrons. The van der Waals surface area contributed by atoms with Crippen LogP contribution in [0.5, 0.6) is 0 Å². The molecular formula is C18H22N2O3. The van der Waals surface area contributed by atoms with Gasteiger partial charge in [-0.2, -0.15) is 0 Å². The Labute approximate surface area is 136 Å². The molecule has 4 rings (SSSR count). The number of nitrogens with zero attached hydrogens (tertiary/aromatic N) is 2. The van der Waals surface area contributed by atoms with Crippen LogP contribution in [0, 0.1) is 17.8 Å². The number of fused-ring (bicyclic) bond motifs is 1. The predicted octanol–water partition coefficient (Wildman–Crippen LogP) is 1.53. The molecule has 0 aromatic heterocycles. The van der Waals surface area contributed by atoms with Crippen LogP contribution in [0.15, 0.2) is 30.3 Å². The Balaban J connectivity index is 1.42. The highest BCUT2D eigenvalue weighted by molar-refractivity contribution is 5.98. The normalized spacial score (nSPS) is 28.3. The maximum Gasteiger partial charge on any atom is 0.232 e. The van der Waals surface area contributed by atoms with Crippen molar-refractivity contribution in [2.45, 2.75) is 12.8 Å². The highest BCUT2D eigenvalue weighted by atomic mass is 16.5. The SMILES string of the molecule is O=C(C1CCOCC1)N1C[C@H]2CN(c3ccccc3)C(=O)[C@H]2C1. The van der Waals surface area contributed by atoms with E-state index < -0.39 is 0 Å². The van der Waals surface area contributed by atoms with Crippen molar-refractivity contribution in [1.29, 1.82) is 0 Å². The van der Waals surface area contributed by atoms with Crippen molar-refractivity contribution in [3.8, 4) is 0 Å². The van der Waals surface area contributed by atoms with Crippen LogP contribution in [-0.2, 0) is 14.3 Å². The summed E-state index contributed by atoms with van der Waals surface area (Å²) in [6.45, 7) is 3.39. The van der Waals surface area contributed by atoms with Gasteiger partial charge in [-0.05, 0) is 25.0 Å². The van der Waals surface area contributed by atoms with Gasteiger partial charge in [0.2, 0.25) is 11.8 Å². The van der Waals surface area contributed by atoms with Gasteiger partial charge in [-0.15, -0.1) is 0 Å². The number of para-hydroxylation sites is 1. The number of rotatable bonds is 2. The van der Waals surface area contributed by atoms with Crippen molar-refractivity contribution in [2.75, 3.05) is 37.7 Å². The average molecular weight is 314 g/mol. The molecule has 2 atom stereocenters. The minimum absolute atomic E-state index is 0.0287. The second-order valence-electron chi connectivity index (χ2n) is 6.78. The lowest BCUT2D eigenvalue weighted by Crippen LogP contribution is -2.40. The van der Waals surface area contributed by atoms with Gasteiger partial charge < -0.3 is 14.5 Å². The van der Waals surface area contributed by atoms with Crippen LogP contribution < -0.4 is 4.90 Å². The molecule has 3 heterocycles. The standard InChI is InChI=1S/C18H22N2O3/c21-17(13-6-8-23-9-7-13)19-10-14-11-20(18(22)16(14)12-19)15-4-2-1-3-5-15/h1-5,13-14,16H,6-12H2/t14-,16-/m0/s1. The van der Waals surface area contributed by atoms with E-state index in [2.05, 4.69) is 0 Å². The molecule has 3 saturated heterocycles. The first-order valence-electron chi connectivity index (χ1n) is 8.47. The molecule has 1 aromatic carbocycles. The Morgan fingerprint density at radius 2 is 1.78 bits per heavy atom. The molecule has 5 heteroatoms. The van der Waals surface area contributed by atoms with Crippen molar-refractivity contribution < 1.29 is 14.3 Å². The van der Waals surface area contributed by atoms with Gasteiger partial charge in [0.05, 0.1) is 5.92 Å². The molecule has 1 aromatic rings. The fourth-order valence-electron chi connectivity index (χ4n) is 4.08. The highest BCUT2D eigenvalue weighted by Gasteiger charge is 2.48. The minimum atomic E-state index is -0.0287. The van der Waals surface area contributed by atoms with Crippen LogP contribution in [0.3, 0.4) is 0 Å². The predicted molar refractivity (Wildman–Crippen MR) is 85.9 cm³/mol. The molecule has 0 spiro atoms. The summed E-state index contributed by atoms with van der Waals surface area (Å²) >= 11 is 0. The maximum atomic E-state index is 12.7. The molecule has 0 N–H and O–H groups in total.